The van der Waals surface area contributed by atoms with E-state index < -0.39 is 23.2 Å². The normalized spacial score (nSPS) is 11.1. The van der Waals surface area contributed by atoms with Gasteiger partial charge in [-0.05, 0) is 55.3 Å². The molecular formula is C20H16Cl2N4O4. The minimum absolute atomic E-state index is 0.244. The molecule has 154 valence electrons. The molecule has 3 rings (SSSR count). The summed E-state index contributed by atoms with van der Waals surface area (Å²) >= 11 is 11.7. The molecule has 0 saturated heterocycles. The fraction of sp³-hybridized carbons (Fsp3) is 0.100. The number of amides is 2. The van der Waals surface area contributed by atoms with Gasteiger partial charge in [0, 0.05) is 5.69 Å². The Morgan fingerprint density at radius 3 is 2.50 bits per heavy atom. The molecule has 0 atom stereocenters. The van der Waals surface area contributed by atoms with Gasteiger partial charge in [-0.25, -0.2) is 19.1 Å². The molecule has 30 heavy (non-hydrogen) atoms. The number of aryl methyl sites for hydroxylation is 2. The molecule has 0 aliphatic rings. The quantitative estimate of drug-likeness (QED) is 0.530. The van der Waals surface area contributed by atoms with Gasteiger partial charge in [-0.15, -0.1) is 0 Å². The van der Waals surface area contributed by atoms with E-state index in [1.165, 1.54) is 18.2 Å². The molecule has 3 aromatic rings. The van der Waals surface area contributed by atoms with Crippen molar-refractivity contribution in [3.05, 3.63) is 84.0 Å². The zero-order valence-electron chi connectivity index (χ0n) is 15.9. The number of urea groups is 1. The smallest absolute Gasteiger partial charge is 0.345 e. The third kappa shape index (κ3) is 4.45. The molecule has 2 amide bonds. The first kappa shape index (κ1) is 21.4. The van der Waals surface area contributed by atoms with Crippen LogP contribution < -0.4 is 16.6 Å². The van der Waals surface area contributed by atoms with Gasteiger partial charge in [0.1, 0.15) is 5.56 Å². The Morgan fingerprint density at radius 2 is 1.83 bits per heavy atom. The number of nitrogens with one attached hydrogen (secondary N) is 2. The molecule has 0 aliphatic carbocycles. The summed E-state index contributed by atoms with van der Waals surface area (Å²) in [6.07, 6.45) is 0.873. The van der Waals surface area contributed by atoms with Gasteiger partial charge in [0.05, 0.1) is 21.9 Å². The van der Waals surface area contributed by atoms with Crippen molar-refractivity contribution >= 4 is 41.1 Å². The van der Waals surface area contributed by atoms with Crippen LogP contribution in [-0.4, -0.2) is 26.9 Å². The summed E-state index contributed by atoms with van der Waals surface area (Å²) in [5, 5.41) is 13.5. The monoisotopic (exact) mass is 446 g/mol. The van der Waals surface area contributed by atoms with Crippen molar-refractivity contribution < 1.29 is 9.90 Å². The number of hydrogen-bond acceptors (Lipinski definition) is 4. The summed E-state index contributed by atoms with van der Waals surface area (Å²) in [7, 11) is 0. The number of carbonyl (C=O) groups is 1. The number of benzene rings is 2. The second-order valence-corrected chi connectivity index (χ2v) is 7.23. The number of H-pyrrole nitrogens is 1. The van der Waals surface area contributed by atoms with Crippen molar-refractivity contribution in [2.75, 3.05) is 5.32 Å². The molecule has 0 radical (unpaired) electrons. The Kier molecular flexibility index (Phi) is 6.09. The molecule has 0 aliphatic heterocycles. The number of aromatic hydroxyl groups is 1. The molecule has 8 nitrogen and oxygen atoms in total. The Balaban J connectivity index is 1.94. The topological polar surface area (TPSA) is 117 Å². The van der Waals surface area contributed by atoms with Crippen LogP contribution in [0, 0.1) is 13.8 Å². The van der Waals surface area contributed by atoms with Crippen LogP contribution in [0.5, 0.6) is 5.88 Å². The van der Waals surface area contributed by atoms with Crippen LogP contribution in [0.1, 0.15) is 16.7 Å². The highest BCUT2D eigenvalue weighted by Gasteiger charge is 2.15. The maximum atomic E-state index is 12.2. The van der Waals surface area contributed by atoms with Crippen LogP contribution in [0.15, 0.2) is 51.0 Å². The molecule has 1 heterocycles. The molecule has 0 fully saturated rings. The summed E-state index contributed by atoms with van der Waals surface area (Å²) in [5.74, 6) is -0.641. The second-order valence-electron chi connectivity index (χ2n) is 6.42. The summed E-state index contributed by atoms with van der Waals surface area (Å²) in [6, 6.07) is 8.72. The SMILES string of the molecule is Cc1ccc(-n2c(O)c(C=NC(=O)Nc3ccc(Cl)c(Cl)c3)c(=O)[nH]c2=O)cc1C. The molecule has 0 bridgehead atoms. The van der Waals surface area contributed by atoms with Gasteiger partial charge in [0.15, 0.2) is 0 Å². The zero-order chi connectivity index (χ0) is 22.0. The van der Waals surface area contributed by atoms with Crippen molar-refractivity contribution in [1.82, 2.24) is 9.55 Å². The van der Waals surface area contributed by atoms with Crippen LogP contribution in [0.4, 0.5) is 10.5 Å². The number of aliphatic imine (C=N–C) groups is 1. The molecule has 0 saturated carbocycles. The van der Waals surface area contributed by atoms with E-state index in [4.69, 9.17) is 23.2 Å². The number of halogens is 2. The molecule has 10 heteroatoms. The lowest BCUT2D eigenvalue weighted by molar-refractivity contribution is 0.259. The standard InChI is InChI=1S/C20H16Cl2N4O4/c1-10-3-5-13(7-11(10)2)26-18(28)14(17(27)25-20(26)30)9-23-19(29)24-12-4-6-15(21)16(22)8-12/h3-9,28H,1-2H3,(H,24,29)(H,25,27,30). The minimum Gasteiger partial charge on any atom is -0.493 e. The van der Waals surface area contributed by atoms with Crippen LogP contribution in [0.3, 0.4) is 0 Å². The van der Waals surface area contributed by atoms with Gasteiger partial charge in [-0.3, -0.25) is 9.78 Å². The number of anilines is 1. The average Bonchev–Trinajstić information content (AvgIpc) is 2.67. The molecule has 0 unspecified atom stereocenters. The number of hydrogen-bond donors (Lipinski definition) is 3. The highest BCUT2D eigenvalue weighted by Crippen LogP contribution is 2.25. The lowest BCUT2D eigenvalue weighted by Gasteiger charge is -2.11. The van der Waals surface area contributed by atoms with Gasteiger partial charge < -0.3 is 10.4 Å². The molecule has 3 N–H and O–H groups in total. The van der Waals surface area contributed by atoms with Crippen LogP contribution in [-0.2, 0) is 0 Å². The number of nitrogens with zero attached hydrogens (tertiary/aromatic N) is 2. The summed E-state index contributed by atoms with van der Waals surface area (Å²) in [4.78, 5) is 42.2. The van der Waals surface area contributed by atoms with E-state index in [2.05, 4.69) is 15.3 Å². The zero-order valence-corrected chi connectivity index (χ0v) is 17.4. The van der Waals surface area contributed by atoms with Crippen LogP contribution >= 0.6 is 23.2 Å². The van der Waals surface area contributed by atoms with Gasteiger partial charge in [0.2, 0.25) is 5.88 Å². The van der Waals surface area contributed by atoms with Crippen molar-refractivity contribution in [3.8, 4) is 11.6 Å². The lowest BCUT2D eigenvalue weighted by atomic mass is 10.1. The number of aromatic amines is 1. The van der Waals surface area contributed by atoms with Crippen LogP contribution in [0.2, 0.25) is 10.0 Å². The lowest BCUT2D eigenvalue weighted by Crippen LogP contribution is -2.31. The Hall–Kier alpha value is -3.36. The highest BCUT2D eigenvalue weighted by atomic mass is 35.5. The van der Waals surface area contributed by atoms with Crippen molar-refractivity contribution in [3.63, 3.8) is 0 Å². The number of carbonyl (C=O) groups excluding carboxylic acids is 1. The first-order valence-electron chi connectivity index (χ1n) is 8.63. The summed E-state index contributed by atoms with van der Waals surface area (Å²) in [5.41, 5.74) is 0.521. The van der Waals surface area contributed by atoms with E-state index in [-0.39, 0.29) is 10.6 Å². The van der Waals surface area contributed by atoms with E-state index in [0.717, 1.165) is 21.9 Å². The van der Waals surface area contributed by atoms with E-state index in [1.54, 1.807) is 18.2 Å². The summed E-state index contributed by atoms with van der Waals surface area (Å²) in [6.45, 7) is 3.75. The third-order valence-corrected chi connectivity index (χ3v) is 5.09. The fourth-order valence-electron chi connectivity index (χ4n) is 2.61. The van der Waals surface area contributed by atoms with Gasteiger partial charge >= 0.3 is 11.7 Å². The Labute approximate surface area is 180 Å². The van der Waals surface area contributed by atoms with E-state index in [0.29, 0.717) is 16.4 Å². The van der Waals surface area contributed by atoms with E-state index >= 15 is 0 Å². The number of aromatic nitrogens is 2. The Morgan fingerprint density at radius 1 is 1.10 bits per heavy atom. The molecule has 2 aromatic carbocycles. The van der Waals surface area contributed by atoms with Crippen molar-refractivity contribution in [2.24, 2.45) is 4.99 Å². The third-order valence-electron chi connectivity index (χ3n) is 4.35. The van der Waals surface area contributed by atoms with Gasteiger partial charge in [0.25, 0.3) is 5.56 Å². The van der Waals surface area contributed by atoms with Crippen molar-refractivity contribution in [1.29, 1.82) is 0 Å². The first-order chi connectivity index (χ1) is 14.2. The molecular weight excluding hydrogens is 431 g/mol. The van der Waals surface area contributed by atoms with E-state index in [1.807, 2.05) is 13.8 Å². The fourth-order valence-corrected chi connectivity index (χ4v) is 2.91. The molecule has 0 spiro atoms. The Bertz CT molecular complexity index is 1290. The van der Waals surface area contributed by atoms with Crippen molar-refractivity contribution in [2.45, 2.75) is 13.8 Å². The predicted molar refractivity (Wildman–Crippen MR) is 117 cm³/mol. The second kappa shape index (κ2) is 8.56. The van der Waals surface area contributed by atoms with Gasteiger partial charge in [-0.1, -0.05) is 29.3 Å². The van der Waals surface area contributed by atoms with Gasteiger partial charge in [-0.2, -0.15) is 0 Å². The minimum atomic E-state index is -0.885. The molecule has 1 aromatic heterocycles. The van der Waals surface area contributed by atoms with E-state index in [9.17, 15) is 19.5 Å². The predicted octanol–water partition coefficient (Wildman–Crippen LogP) is 3.81. The summed E-state index contributed by atoms with van der Waals surface area (Å²) < 4.78 is 0.923. The number of rotatable bonds is 3. The van der Waals surface area contributed by atoms with Crippen LogP contribution in [0.25, 0.3) is 5.69 Å². The maximum Gasteiger partial charge on any atom is 0.345 e. The largest absolute Gasteiger partial charge is 0.493 e. The maximum absolute atomic E-state index is 12.2. The first-order valence-corrected chi connectivity index (χ1v) is 9.39. The average molecular weight is 447 g/mol. The highest BCUT2D eigenvalue weighted by molar-refractivity contribution is 6.42.